The second-order valence-electron chi connectivity index (χ2n) is 4.18. The number of thioether (sulfide) groups is 1. The third kappa shape index (κ3) is 4.08. The summed E-state index contributed by atoms with van der Waals surface area (Å²) in [5.41, 5.74) is 2.07. The number of carbonyl (C=O) groups is 1. The summed E-state index contributed by atoms with van der Waals surface area (Å²) in [7, 11) is 0. The number of nitrogens with zero attached hydrogens (tertiary/aromatic N) is 1. The van der Waals surface area contributed by atoms with E-state index in [9.17, 15) is 4.79 Å². The maximum Gasteiger partial charge on any atom is 0.306 e. The largest absolute Gasteiger partial charge is 0.466 e. The smallest absolute Gasteiger partial charge is 0.306 e. The fraction of sp³-hybridized carbons (Fsp3) is 0.333. The molecule has 5 heteroatoms. The molecule has 0 bridgehead atoms. The van der Waals surface area contributed by atoms with E-state index in [-0.39, 0.29) is 5.97 Å². The van der Waals surface area contributed by atoms with Crippen molar-refractivity contribution in [2.75, 3.05) is 12.9 Å². The van der Waals surface area contributed by atoms with E-state index in [2.05, 4.69) is 35.5 Å². The van der Waals surface area contributed by atoms with Gasteiger partial charge in [-0.3, -0.25) is 4.79 Å². The van der Waals surface area contributed by atoms with Gasteiger partial charge in [0.15, 0.2) is 0 Å². The highest BCUT2D eigenvalue weighted by Gasteiger charge is 2.07. The Morgan fingerprint density at radius 3 is 2.75 bits per heavy atom. The van der Waals surface area contributed by atoms with Gasteiger partial charge in [0.1, 0.15) is 5.01 Å². The van der Waals surface area contributed by atoms with Crippen LogP contribution in [0.25, 0.3) is 10.6 Å². The van der Waals surface area contributed by atoms with Crippen LogP contribution in [-0.2, 0) is 16.0 Å². The molecule has 2 aromatic rings. The Morgan fingerprint density at radius 1 is 1.35 bits per heavy atom. The van der Waals surface area contributed by atoms with Crippen molar-refractivity contribution in [1.82, 2.24) is 4.98 Å². The number of ether oxygens (including phenoxy) is 1. The quantitative estimate of drug-likeness (QED) is 0.597. The van der Waals surface area contributed by atoms with Crippen molar-refractivity contribution in [1.29, 1.82) is 0 Å². The normalized spacial score (nSPS) is 10.5. The average Bonchev–Trinajstić information content (AvgIpc) is 2.94. The van der Waals surface area contributed by atoms with Gasteiger partial charge < -0.3 is 4.74 Å². The molecule has 0 amide bonds. The summed E-state index contributed by atoms with van der Waals surface area (Å²) in [5.74, 6) is -0.161. The molecule has 0 spiro atoms. The number of esters is 1. The minimum absolute atomic E-state index is 0.161. The Kier molecular flexibility index (Phi) is 5.61. The Hall–Kier alpha value is -1.33. The van der Waals surface area contributed by atoms with Crippen molar-refractivity contribution >= 4 is 29.1 Å². The van der Waals surface area contributed by atoms with Gasteiger partial charge in [-0.05, 0) is 25.3 Å². The monoisotopic (exact) mass is 307 g/mol. The molecule has 0 saturated heterocycles. The Labute approximate surface area is 127 Å². The summed E-state index contributed by atoms with van der Waals surface area (Å²) in [6.07, 6.45) is 3.09. The van der Waals surface area contributed by atoms with Gasteiger partial charge in [0.2, 0.25) is 0 Å². The van der Waals surface area contributed by atoms with Crippen LogP contribution in [0.3, 0.4) is 0 Å². The van der Waals surface area contributed by atoms with Crippen molar-refractivity contribution in [2.45, 2.75) is 24.7 Å². The first kappa shape index (κ1) is 15.1. The van der Waals surface area contributed by atoms with E-state index in [4.69, 9.17) is 4.74 Å². The molecule has 1 aromatic heterocycles. The second kappa shape index (κ2) is 7.45. The van der Waals surface area contributed by atoms with Crippen molar-refractivity contribution in [2.24, 2.45) is 0 Å². The van der Waals surface area contributed by atoms with Crippen LogP contribution in [0.5, 0.6) is 0 Å². The van der Waals surface area contributed by atoms with Crippen LogP contribution in [0.2, 0.25) is 0 Å². The van der Waals surface area contributed by atoms with E-state index in [1.165, 1.54) is 4.90 Å². The molecule has 0 aliphatic carbocycles. The van der Waals surface area contributed by atoms with Gasteiger partial charge in [-0.15, -0.1) is 23.1 Å². The average molecular weight is 307 g/mol. The lowest BCUT2D eigenvalue weighted by Crippen LogP contribution is -2.05. The molecule has 3 nitrogen and oxygen atoms in total. The lowest BCUT2D eigenvalue weighted by Gasteiger charge is -2.00. The zero-order valence-electron chi connectivity index (χ0n) is 11.6. The minimum atomic E-state index is -0.161. The van der Waals surface area contributed by atoms with Gasteiger partial charge in [0.05, 0.1) is 18.7 Å². The minimum Gasteiger partial charge on any atom is -0.466 e. The molecule has 2 rings (SSSR count). The first-order valence-electron chi connectivity index (χ1n) is 6.47. The molecular weight excluding hydrogens is 290 g/mol. The Balaban J connectivity index is 1.99. The molecule has 0 aliphatic heterocycles. The van der Waals surface area contributed by atoms with Crippen LogP contribution in [0, 0.1) is 0 Å². The zero-order valence-corrected chi connectivity index (χ0v) is 13.2. The highest BCUT2D eigenvalue weighted by atomic mass is 32.2. The summed E-state index contributed by atoms with van der Waals surface area (Å²) in [5, 5.41) is 3.01. The Morgan fingerprint density at radius 2 is 2.10 bits per heavy atom. The van der Waals surface area contributed by atoms with E-state index in [1.54, 1.807) is 23.1 Å². The lowest BCUT2D eigenvalue weighted by atomic mass is 10.2. The van der Waals surface area contributed by atoms with Gasteiger partial charge in [0.25, 0.3) is 0 Å². The molecule has 0 aliphatic rings. The van der Waals surface area contributed by atoms with E-state index >= 15 is 0 Å². The van der Waals surface area contributed by atoms with E-state index in [0.29, 0.717) is 19.4 Å². The van der Waals surface area contributed by atoms with Crippen molar-refractivity contribution < 1.29 is 9.53 Å². The Bertz CT molecular complexity index is 564. The molecule has 0 saturated carbocycles. The number of aryl methyl sites for hydroxylation is 1. The molecule has 106 valence electrons. The number of benzene rings is 1. The SMILES string of the molecule is CCOC(=O)CCc1csc(-c2ccc(SC)cc2)n1. The maximum absolute atomic E-state index is 11.3. The molecule has 0 unspecified atom stereocenters. The first-order valence-corrected chi connectivity index (χ1v) is 8.57. The van der Waals surface area contributed by atoms with E-state index in [0.717, 1.165) is 16.3 Å². The van der Waals surface area contributed by atoms with Crippen molar-refractivity contribution in [3.63, 3.8) is 0 Å². The van der Waals surface area contributed by atoms with Gasteiger partial charge in [-0.25, -0.2) is 4.98 Å². The summed E-state index contributed by atoms with van der Waals surface area (Å²) >= 11 is 3.34. The standard InChI is InChI=1S/C15H17NO2S2/c1-3-18-14(17)9-6-12-10-20-15(16-12)11-4-7-13(19-2)8-5-11/h4-5,7-8,10H,3,6,9H2,1-2H3. The van der Waals surface area contributed by atoms with E-state index < -0.39 is 0 Å². The molecule has 0 fully saturated rings. The molecule has 1 heterocycles. The third-order valence-corrected chi connectivity index (χ3v) is 4.46. The summed E-state index contributed by atoms with van der Waals surface area (Å²) in [4.78, 5) is 17.1. The number of hydrogen-bond donors (Lipinski definition) is 0. The summed E-state index contributed by atoms with van der Waals surface area (Å²) in [6, 6.07) is 8.36. The summed E-state index contributed by atoms with van der Waals surface area (Å²) < 4.78 is 4.91. The van der Waals surface area contributed by atoms with Gasteiger partial charge in [0, 0.05) is 22.3 Å². The number of aromatic nitrogens is 1. The van der Waals surface area contributed by atoms with Crippen LogP contribution in [0.1, 0.15) is 19.0 Å². The fourth-order valence-corrected chi connectivity index (χ4v) is 3.02. The molecule has 0 atom stereocenters. The highest BCUT2D eigenvalue weighted by Crippen LogP contribution is 2.26. The maximum atomic E-state index is 11.3. The predicted octanol–water partition coefficient (Wildman–Crippen LogP) is 4.03. The van der Waals surface area contributed by atoms with Crippen LogP contribution >= 0.6 is 23.1 Å². The van der Waals surface area contributed by atoms with Crippen LogP contribution in [0.4, 0.5) is 0 Å². The summed E-state index contributed by atoms with van der Waals surface area (Å²) in [6.45, 7) is 2.25. The number of rotatable bonds is 6. The van der Waals surface area contributed by atoms with Crippen LogP contribution in [0.15, 0.2) is 34.5 Å². The number of thiazole rings is 1. The third-order valence-electron chi connectivity index (χ3n) is 2.78. The van der Waals surface area contributed by atoms with E-state index in [1.807, 2.05) is 12.3 Å². The number of carbonyl (C=O) groups excluding carboxylic acids is 1. The van der Waals surface area contributed by atoms with Crippen LogP contribution < -0.4 is 0 Å². The van der Waals surface area contributed by atoms with Crippen molar-refractivity contribution in [3.8, 4) is 10.6 Å². The zero-order chi connectivity index (χ0) is 14.4. The molecule has 0 radical (unpaired) electrons. The lowest BCUT2D eigenvalue weighted by molar-refractivity contribution is -0.143. The predicted molar refractivity (Wildman–Crippen MR) is 84.3 cm³/mol. The highest BCUT2D eigenvalue weighted by molar-refractivity contribution is 7.98. The van der Waals surface area contributed by atoms with Crippen molar-refractivity contribution in [3.05, 3.63) is 35.3 Å². The molecule has 20 heavy (non-hydrogen) atoms. The molecular formula is C15H17NO2S2. The van der Waals surface area contributed by atoms with Gasteiger partial charge >= 0.3 is 5.97 Å². The molecule has 0 N–H and O–H groups in total. The topological polar surface area (TPSA) is 39.2 Å². The van der Waals surface area contributed by atoms with Gasteiger partial charge in [-0.2, -0.15) is 0 Å². The first-order chi connectivity index (χ1) is 9.72. The number of hydrogen-bond acceptors (Lipinski definition) is 5. The fourth-order valence-electron chi connectivity index (χ4n) is 1.75. The van der Waals surface area contributed by atoms with Gasteiger partial charge in [-0.1, -0.05) is 12.1 Å². The van der Waals surface area contributed by atoms with Crippen LogP contribution in [-0.4, -0.2) is 23.8 Å². The molecule has 1 aromatic carbocycles. The second-order valence-corrected chi connectivity index (χ2v) is 5.92.